The molecular weight excluding hydrogens is 428 g/mol. The number of imidazole rings is 1. The number of carbonyl (C=O) groups is 1. The molecule has 0 aliphatic carbocycles. The van der Waals surface area contributed by atoms with Gasteiger partial charge in [-0.2, -0.15) is 0 Å². The molecule has 4 aromatic rings. The van der Waals surface area contributed by atoms with E-state index in [1.165, 1.54) is 5.39 Å². The van der Waals surface area contributed by atoms with Crippen LogP contribution in [0.25, 0.3) is 21.8 Å². The minimum absolute atomic E-state index is 0.182. The SMILES string of the molecule is O=C1NC(=NCCN2CCOCC2)C(c2ccc3ccccc3c2)N1c1ccc2[nH]cnc2c1. The Kier molecular flexibility index (Phi) is 5.44. The molecule has 3 aromatic carbocycles. The highest BCUT2D eigenvalue weighted by atomic mass is 16.5. The van der Waals surface area contributed by atoms with Crippen molar-refractivity contribution in [1.29, 1.82) is 0 Å². The van der Waals surface area contributed by atoms with Crippen LogP contribution in [-0.2, 0) is 4.74 Å². The van der Waals surface area contributed by atoms with E-state index in [9.17, 15) is 4.79 Å². The molecule has 0 saturated carbocycles. The van der Waals surface area contributed by atoms with Gasteiger partial charge in [0, 0.05) is 25.3 Å². The van der Waals surface area contributed by atoms with Crippen LogP contribution in [0.5, 0.6) is 0 Å². The molecule has 2 saturated heterocycles. The van der Waals surface area contributed by atoms with Gasteiger partial charge in [0.1, 0.15) is 11.9 Å². The first-order valence-corrected chi connectivity index (χ1v) is 11.6. The molecular formula is C26H26N6O2. The molecule has 8 nitrogen and oxygen atoms in total. The maximum atomic E-state index is 13.3. The lowest BCUT2D eigenvalue weighted by Crippen LogP contribution is -2.38. The number of ether oxygens (including phenoxy) is 1. The number of nitrogens with one attached hydrogen (secondary N) is 2. The first-order chi connectivity index (χ1) is 16.8. The van der Waals surface area contributed by atoms with Crippen LogP contribution >= 0.6 is 0 Å². The van der Waals surface area contributed by atoms with Crippen molar-refractivity contribution in [2.45, 2.75) is 6.04 Å². The van der Waals surface area contributed by atoms with Gasteiger partial charge in [0.25, 0.3) is 0 Å². The fraction of sp³-hybridized carbons (Fsp3) is 0.269. The minimum atomic E-state index is -0.335. The van der Waals surface area contributed by atoms with Crippen molar-refractivity contribution in [2.24, 2.45) is 4.99 Å². The van der Waals surface area contributed by atoms with Gasteiger partial charge >= 0.3 is 6.03 Å². The summed E-state index contributed by atoms with van der Waals surface area (Å²) in [7, 11) is 0. The molecule has 8 heteroatoms. The number of morpholine rings is 1. The van der Waals surface area contributed by atoms with Crippen molar-refractivity contribution in [3.8, 4) is 0 Å². The van der Waals surface area contributed by atoms with Gasteiger partial charge in [-0.25, -0.2) is 9.78 Å². The van der Waals surface area contributed by atoms with Gasteiger partial charge < -0.3 is 9.72 Å². The summed E-state index contributed by atoms with van der Waals surface area (Å²) >= 11 is 0. The normalized spacial score (nSPS) is 20.5. The summed E-state index contributed by atoms with van der Waals surface area (Å²) in [6, 6.07) is 19.9. The first-order valence-electron chi connectivity index (χ1n) is 11.6. The second-order valence-electron chi connectivity index (χ2n) is 8.63. The summed E-state index contributed by atoms with van der Waals surface area (Å²) in [4.78, 5) is 29.7. The van der Waals surface area contributed by atoms with E-state index in [2.05, 4.69) is 50.5 Å². The smallest absolute Gasteiger partial charge is 0.328 e. The molecule has 1 atom stereocenters. The Hall–Kier alpha value is -3.75. The largest absolute Gasteiger partial charge is 0.379 e. The van der Waals surface area contributed by atoms with E-state index in [1.807, 2.05) is 30.3 Å². The van der Waals surface area contributed by atoms with Gasteiger partial charge in [-0.3, -0.25) is 20.1 Å². The number of aromatic amines is 1. The molecule has 1 aromatic heterocycles. The number of hydrogen-bond acceptors (Lipinski definition) is 5. The number of hydrogen-bond donors (Lipinski definition) is 2. The summed E-state index contributed by atoms with van der Waals surface area (Å²) < 4.78 is 5.44. The Morgan fingerprint density at radius 1 is 1.03 bits per heavy atom. The number of fused-ring (bicyclic) bond motifs is 2. The third-order valence-electron chi connectivity index (χ3n) is 6.55. The number of carbonyl (C=O) groups excluding carboxylic acids is 1. The summed E-state index contributed by atoms with van der Waals surface area (Å²) in [5, 5.41) is 5.34. The molecule has 6 rings (SSSR count). The summed E-state index contributed by atoms with van der Waals surface area (Å²) in [6.07, 6.45) is 1.66. The number of urea groups is 1. The summed E-state index contributed by atoms with van der Waals surface area (Å²) in [6.45, 7) is 4.81. The minimum Gasteiger partial charge on any atom is -0.379 e. The van der Waals surface area contributed by atoms with Gasteiger partial charge in [0.15, 0.2) is 0 Å². The van der Waals surface area contributed by atoms with E-state index in [1.54, 1.807) is 11.2 Å². The van der Waals surface area contributed by atoms with Crippen LogP contribution < -0.4 is 10.2 Å². The predicted molar refractivity (Wildman–Crippen MR) is 133 cm³/mol. The maximum Gasteiger partial charge on any atom is 0.328 e. The second-order valence-corrected chi connectivity index (χ2v) is 8.63. The number of aliphatic imine (C=N–C) groups is 1. The molecule has 3 heterocycles. The second kappa shape index (κ2) is 8.89. The summed E-state index contributed by atoms with van der Waals surface area (Å²) in [5.74, 6) is 0.677. The fourth-order valence-electron chi connectivity index (χ4n) is 4.76. The Balaban J connectivity index is 1.37. The van der Waals surface area contributed by atoms with E-state index in [0.29, 0.717) is 12.4 Å². The van der Waals surface area contributed by atoms with Gasteiger partial charge in [0.2, 0.25) is 0 Å². The lowest BCUT2D eigenvalue weighted by atomic mass is 10.0. The zero-order chi connectivity index (χ0) is 22.9. The fourth-order valence-corrected chi connectivity index (χ4v) is 4.76. The van der Waals surface area contributed by atoms with E-state index >= 15 is 0 Å². The number of nitrogens with zero attached hydrogens (tertiary/aromatic N) is 4. The van der Waals surface area contributed by atoms with Gasteiger partial charge in [-0.1, -0.05) is 36.4 Å². The molecule has 0 spiro atoms. The average Bonchev–Trinajstić information content (AvgIpc) is 3.47. The monoisotopic (exact) mass is 454 g/mol. The molecule has 0 radical (unpaired) electrons. The van der Waals surface area contributed by atoms with E-state index in [0.717, 1.165) is 60.5 Å². The Bertz CT molecular complexity index is 1370. The third-order valence-corrected chi connectivity index (χ3v) is 6.55. The molecule has 2 N–H and O–H groups in total. The van der Waals surface area contributed by atoms with E-state index in [-0.39, 0.29) is 12.1 Å². The number of benzene rings is 3. The predicted octanol–water partition coefficient (Wildman–Crippen LogP) is 3.72. The Morgan fingerprint density at radius 3 is 2.76 bits per heavy atom. The molecule has 2 fully saturated rings. The molecule has 172 valence electrons. The zero-order valence-corrected chi connectivity index (χ0v) is 18.8. The number of anilines is 1. The van der Waals surface area contributed by atoms with Crippen molar-refractivity contribution in [3.05, 3.63) is 72.6 Å². The number of amidine groups is 1. The van der Waals surface area contributed by atoms with Crippen LogP contribution in [0, 0.1) is 0 Å². The van der Waals surface area contributed by atoms with Gasteiger partial charge in [0.05, 0.1) is 37.1 Å². The first kappa shape index (κ1) is 20.8. The van der Waals surface area contributed by atoms with Crippen molar-refractivity contribution in [3.63, 3.8) is 0 Å². The van der Waals surface area contributed by atoms with Crippen LogP contribution in [0.4, 0.5) is 10.5 Å². The molecule has 2 amide bonds. The highest BCUT2D eigenvalue weighted by Crippen LogP contribution is 2.34. The van der Waals surface area contributed by atoms with Crippen LogP contribution in [-0.4, -0.2) is 66.1 Å². The third kappa shape index (κ3) is 3.91. The van der Waals surface area contributed by atoms with Crippen molar-refractivity contribution in [2.75, 3.05) is 44.3 Å². The lowest BCUT2D eigenvalue weighted by Gasteiger charge is -2.26. The van der Waals surface area contributed by atoms with Crippen LogP contribution in [0.2, 0.25) is 0 Å². The summed E-state index contributed by atoms with van der Waals surface area (Å²) in [5.41, 5.74) is 3.56. The molecule has 1 unspecified atom stereocenters. The van der Waals surface area contributed by atoms with Crippen LogP contribution in [0.15, 0.2) is 72.0 Å². The average molecular weight is 455 g/mol. The molecule has 34 heavy (non-hydrogen) atoms. The van der Waals surface area contributed by atoms with Crippen molar-refractivity contribution in [1.82, 2.24) is 20.2 Å². The quantitative estimate of drug-likeness (QED) is 0.481. The maximum absolute atomic E-state index is 13.3. The standard InChI is InChI=1S/C26H26N6O2/c33-26-30-25(27-9-10-31-11-13-34-14-12-31)24(20-6-5-18-3-1-2-4-19(18)15-20)32(26)21-7-8-22-23(16-21)29-17-28-22/h1-8,15-17,24H,9-14H2,(H,28,29)(H,27,30,33). The zero-order valence-electron chi connectivity index (χ0n) is 18.8. The molecule has 2 aliphatic rings. The van der Waals surface area contributed by atoms with E-state index in [4.69, 9.17) is 9.73 Å². The van der Waals surface area contributed by atoms with Crippen LogP contribution in [0.3, 0.4) is 0 Å². The van der Waals surface area contributed by atoms with Crippen molar-refractivity contribution >= 4 is 39.4 Å². The number of H-pyrrole nitrogens is 1. The molecule has 0 bridgehead atoms. The number of rotatable bonds is 5. The van der Waals surface area contributed by atoms with E-state index < -0.39 is 0 Å². The highest BCUT2D eigenvalue weighted by molar-refractivity contribution is 6.17. The lowest BCUT2D eigenvalue weighted by molar-refractivity contribution is 0.0394. The number of aromatic nitrogens is 2. The van der Waals surface area contributed by atoms with Crippen molar-refractivity contribution < 1.29 is 9.53 Å². The highest BCUT2D eigenvalue weighted by Gasteiger charge is 2.39. The Morgan fingerprint density at radius 2 is 1.88 bits per heavy atom. The number of amides is 2. The molecule has 2 aliphatic heterocycles. The van der Waals surface area contributed by atoms with Crippen LogP contribution in [0.1, 0.15) is 11.6 Å². The topological polar surface area (TPSA) is 85.9 Å². The Labute approximate surface area is 197 Å². The van der Waals surface area contributed by atoms with Gasteiger partial charge in [-0.05, 0) is 40.6 Å². The van der Waals surface area contributed by atoms with Gasteiger partial charge in [-0.15, -0.1) is 0 Å².